The normalized spacial score (nSPS) is 12.3. The summed E-state index contributed by atoms with van der Waals surface area (Å²) in [5.74, 6) is -0.851. The van der Waals surface area contributed by atoms with E-state index in [9.17, 15) is 14.4 Å². The first-order valence-electron chi connectivity index (χ1n) is 37.1. The molecular weight excluding hydrogens is 1020 g/mol. The molecular formula is C77H142O6. The van der Waals surface area contributed by atoms with E-state index in [4.69, 9.17) is 14.2 Å². The molecule has 0 saturated heterocycles. The highest BCUT2D eigenvalue weighted by atomic mass is 16.6. The van der Waals surface area contributed by atoms with Gasteiger partial charge in [0.1, 0.15) is 13.2 Å². The summed E-state index contributed by atoms with van der Waals surface area (Å²) in [6.07, 6.45) is 92.3. The Morgan fingerprint density at radius 2 is 0.470 bits per heavy atom. The molecule has 0 rings (SSSR count). The van der Waals surface area contributed by atoms with E-state index >= 15 is 0 Å². The summed E-state index contributed by atoms with van der Waals surface area (Å²) in [6.45, 7) is 6.52. The molecule has 0 bridgehead atoms. The zero-order chi connectivity index (χ0) is 59.9. The Hall–Kier alpha value is -2.63. The number of esters is 3. The van der Waals surface area contributed by atoms with E-state index in [0.29, 0.717) is 19.3 Å². The fraction of sp³-hybridized carbons (Fsp3) is 0.857. The van der Waals surface area contributed by atoms with Gasteiger partial charge in [0, 0.05) is 19.3 Å². The van der Waals surface area contributed by atoms with Gasteiger partial charge in [-0.2, -0.15) is 0 Å². The van der Waals surface area contributed by atoms with Crippen LogP contribution >= 0.6 is 0 Å². The number of carbonyl (C=O) groups excluding carboxylic acids is 3. The molecule has 0 spiro atoms. The van der Waals surface area contributed by atoms with Gasteiger partial charge in [-0.3, -0.25) is 14.4 Å². The molecule has 1 unspecified atom stereocenters. The van der Waals surface area contributed by atoms with Gasteiger partial charge in [-0.1, -0.05) is 378 Å². The third-order valence-electron chi connectivity index (χ3n) is 16.8. The van der Waals surface area contributed by atoms with Crippen molar-refractivity contribution in [1.82, 2.24) is 0 Å². The maximum absolute atomic E-state index is 12.9. The lowest BCUT2D eigenvalue weighted by atomic mass is 10.0. The summed E-state index contributed by atoms with van der Waals surface area (Å²) in [4.78, 5) is 38.1. The molecule has 83 heavy (non-hydrogen) atoms. The maximum atomic E-state index is 12.9. The SMILES string of the molecule is CC/C=C\C/C=C\C/C=C\C/C=C\CCCCCCCCCCCCCCCCCCCCCCC(=O)OCC(COC(=O)CCCCCCC)OC(=O)CCCCCCCCCCCCCCCCCCCCCCCCCCCCC. The standard InChI is InChI=1S/C77H142O6/c1-4-7-10-13-15-17-19-21-23-25-27-29-31-33-35-36-37-38-39-40-42-43-45-47-49-51-53-55-57-59-61-64-67-70-76(79)82-73-74(72-81-75(78)69-66-63-12-9-6-3)83-77(80)71-68-65-62-60-58-56-54-52-50-48-46-44-41-34-32-30-28-26-24-22-20-18-16-14-11-8-5-2/h7,10,15,17,21,23,27,29,74H,4-6,8-9,11-14,16,18-20,22,24-26,28,30-73H2,1-3H3/b10-7-,17-15-,23-21-,29-27-. The van der Waals surface area contributed by atoms with E-state index in [2.05, 4.69) is 69.4 Å². The number of ether oxygens (including phenoxy) is 3. The number of unbranched alkanes of at least 4 members (excludes halogenated alkanes) is 50. The third-order valence-corrected chi connectivity index (χ3v) is 16.8. The Balaban J connectivity index is 3.88. The van der Waals surface area contributed by atoms with Crippen LogP contribution in [0.5, 0.6) is 0 Å². The molecule has 6 nitrogen and oxygen atoms in total. The van der Waals surface area contributed by atoms with Gasteiger partial charge in [0.25, 0.3) is 0 Å². The lowest BCUT2D eigenvalue weighted by molar-refractivity contribution is -0.167. The highest BCUT2D eigenvalue weighted by Crippen LogP contribution is 2.19. The molecule has 0 aliphatic heterocycles. The average Bonchev–Trinajstić information content (AvgIpc) is 3.49. The van der Waals surface area contributed by atoms with E-state index in [1.807, 2.05) is 0 Å². The van der Waals surface area contributed by atoms with Gasteiger partial charge in [0.05, 0.1) is 0 Å². The van der Waals surface area contributed by atoms with Crippen molar-refractivity contribution in [2.45, 2.75) is 412 Å². The van der Waals surface area contributed by atoms with Crippen LogP contribution < -0.4 is 0 Å². The fourth-order valence-electron chi connectivity index (χ4n) is 11.3. The van der Waals surface area contributed by atoms with E-state index in [1.54, 1.807) is 0 Å². The molecule has 6 heteroatoms. The van der Waals surface area contributed by atoms with Crippen LogP contribution in [0.15, 0.2) is 48.6 Å². The van der Waals surface area contributed by atoms with Crippen molar-refractivity contribution < 1.29 is 28.6 Å². The molecule has 0 amide bonds. The van der Waals surface area contributed by atoms with Crippen LogP contribution in [-0.4, -0.2) is 37.2 Å². The quantitative estimate of drug-likeness (QED) is 0.0261. The topological polar surface area (TPSA) is 78.9 Å². The van der Waals surface area contributed by atoms with Gasteiger partial charge in [-0.05, 0) is 57.8 Å². The maximum Gasteiger partial charge on any atom is 0.306 e. The largest absolute Gasteiger partial charge is 0.462 e. The first-order chi connectivity index (χ1) is 41.0. The van der Waals surface area contributed by atoms with Gasteiger partial charge in [0.2, 0.25) is 0 Å². The van der Waals surface area contributed by atoms with Crippen LogP contribution in [0.1, 0.15) is 406 Å². The van der Waals surface area contributed by atoms with Crippen molar-refractivity contribution in [1.29, 1.82) is 0 Å². The Bertz CT molecular complexity index is 1430. The minimum Gasteiger partial charge on any atom is -0.462 e. The number of rotatable bonds is 69. The minimum atomic E-state index is -0.766. The number of carbonyl (C=O) groups is 3. The molecule has 0 aromatic heterocycles. The average molecular weight is 1160 g/mol. The molecule has 0 aliphatic rings. The molecule has 1 atom stereocenters. The molecule has 0 radical (unpaired) electrons. The van der Waals surface area contributed by atoms with Crippen molar-refractivity contribution >= 4 is 17.9 Å². The number of allylic oxidation sites excluding steroid dienone is 8. The third kappa shape index (κ3) is 70.0. The lowest BCUT2D eigenvalue weighted by Crippen LogP contribution is -2.30. The first-order valence-corrected chi connectivity index (χ1v) is 37.1. The first kappa shape index (κ1) is 80.4. The predicted octanol–water partition coefficient (Wildman–Crippen LogP) is 25.7. The van der Waals surface area contributed by atoms with E-state index in [-0.39, 0.29) is 31.1 Å². The molecule has 0 aromatic carbocycles. The van der Waals surface area contributed by atoms with Crippen LogP contribution in [0.4, 0.5) is 0 Å². The molecule has 0 heterocycles. The van der Waals surface area contributed by atoms with Crippen LogP contribution in [0.25, 0.3) is 0 Å². The second-order valence-corrected chi connectivity index (χ2v) is 25.2. The zero-order valence-corrected chi connectivity index (χ0v) is 56.0. The summed E-state index contributed by atoms with van der Waals surface area (Å²) >= 11 is 0. The molecule has 0 aromatic rings. The van der Waals surface area contributed by atoms with E-state index in [0.717, 1.165) is 89.9 Å². The number of hydrogen-bond acceptors (Lipinski definition) is 6. The van der Waals surface area contributed by atoms with Gasteiger partial charge in [0.15, 0.2) is 6.10 Å². The van der Waals surface area contributed by atoms with Crippen molar-refractivity contribution in [3.63, 3.8) is 0 Å². The molecule has 0 N–H and O–H groups in total. The Morgan fingerprint density at radius 3 is 0.735 bits per heavy atom. The second-order valence-electron chi connectivity index (χ2n) is 25.2. The highest BCUT2D eigenvalue weighted by molar-refractivity contribution is 5.71. The fourth-order valence-corrected chi connectivity index (χ4v) is 11.3. The smallest absolute Gasteiger partial charge is 0.306 e. The van der Waals surface area contributed by atoms with Gasteiger partial charge in [-0.15, -0.1) is 0 Å². The summed E-state index contributed by atoms with van der Waals surface area (Å²) in [5, 5.41) is 0. The highest BCUT2D eigenvalue weighted by Gasteiger charge is 2.19. The Labute approximate surface area is 518 Å². The van der Waals surface area contributed by atoms with Gasteiger partial charge in [-0.25, -0.2) is 0 Å². The molecule has 486 valence electrons. The van der Waals surface area contributed by atoms with Crippen molar-refractivity contribution in [3.05, 3.63) is 48.6 Å². The van der Waals surface area contributed by atoms with Crippen LogP contribution in [0.3, 0.4) is 0 Å². The summed E-state index contributed by atoms with van der Waals surface area (Å²) in [7, 11) is 0. The molecule has 0 saturated carbocycles. The second kappa shape index (κ2) is 71.8. The van der Waals surface area contributed by atoms with Crippen LogP contribution in [0, 0.1) is 0 Å². The predicted molar refractivity (Wildman–Crippen MR) is 362 cm³/mol. The van der Waals surface area contributed by atoms with Crippen molar-refractivity contribution in [3.8, 4) is 0 Å². The summed E-state index contributed by atoms with van der Waals surface area (Å²) < 4.78 is 16.8. The van der Waals surface area contributed by atoms with Crippen molar-refractivity contribution in [2.75, 3.05) is 13.2 Å². The minimum absolute atomic E-state index is 0.0663. The Morgan fingerprint density at radius 1 is 0.253 bits per heavy atom. The Kier molecular flexibility index (Phi) is 69.6. The molecule has 0 fully saturated rings. The molecule has 0 aliphatic carbocycles. The van der Waals surface area contributed by atoms with Crippen LogP contribution in [-0.2, 0) is 28.6 Å². The van der Waals surface area contributed by atoms with Crippen molar-refractivity contribution in [2.24, 2.45) is 0 Å². The van der Waals surface area contributed by atoms with Gasteiger partial charge >= 0.3 is 17.9 Å². The van der Waals surface area contributed by atoms with Gasteiger partial charge < -0.3 is 14.2 Å². The number of hydrogen-bond donors (Lipinski definition) is 0. The summed E-state index contributed by atoms with van der Waals surface area (Å²) in [6, 6.07) is 0. The monoisotopic (exact) mass is 1160 g/mol. The van der Waals surface area contributed by atoms with E-state index < -0.39 is 6.10 Å². The van der Waals surface area contributed by atoms with E-state index in [1.165, 1.54) is 276 Å². The lowest BCUT2D eigenvalue weighted by Gasteiger charge is -2.18. The van der Waals surface area contributed by atoms with Crippen LogP contribution in [0.2, 0.25) is 0 Å². The summed E-state index contributed by atoms with van der Waals surface area (Å²) in [5.41, 5.74) is 0. The zero-order valence-electron chi connectivity index (χ0n) is 56.0.